The average molecular weight is 398 g/mol. The number of halogens is 3. The third kappa shape index (κ3) is 4.98. The molecule has 2 aromatic carbocycles. The minimum Gasteiger partial charge on any atom is -0.366 e. The van der Waals surface area contributed by atoms with Gasteiger partial charge in [0, 0.05) is 18.2 Å². The van der Waals surface area contributed by atoms with Crippen molar-refractivity contribution < 1.29 is 18.0 Å². The fourth-order valence-electron chi connectivity index (χ4n) is 2.57. The topological polar surface area (TPSA) is 66.9 Å². The van der Waals surface area contributed by atoms with Gasteiger partial charge in [0.1, 0.15) is 11.5 Å². The van der Waals surface area contributed by atoms with Gasteiger partial charge in [0.05, 0.1) is 11.3 Å². The number of para-hydroxylation sites is 1. The van der Waals surface area contributed by atoms with Crippen LogP contribution in [0.15, 0.2) is 73.3 Å². The molecule has 0 aliphatic rings. The van der Waals surface area contributed by atoms with Crippen molar-refractivity contribution in [3.63, 3.8) is 0 Å². The molecule has 0 saturated carbocycles. The summed E-state index contributed by atoms with van der Waals surface area (Å²) in [5.41, 5.74) is -0.678. The maximum absolute atomic E-state index is 13.2. The zero-order chi connectivity index (χ0) is 20.9. The fourth-order valence-corrected chi connectivity index (χ4v) is 2.57. The summed E-state index contributed by atoms with van der Waals surface area (Å²) in [5, 5.41) is 5.27. The van der Waals surface area contributed by atoms with Gasteiger partial charge in [-0.2, -0.15) is 13.2 Å². The molecule has 0 fully saturated rings. The van der Waals surface area contributed by atoms with Crippen molar-refractivity contribution in [3.05, 3.63) is 84.6 Å². The maximum atomic E-state index is 13.2. The Morgan fingerprint density at radius 1 is 1.03 bits per heavy atom. The van der Waals surface area contributed by atoms with Gasteiger partial charge in [0.15, 0.2) is 5.82 Å². The molecule has 2 N–H and O–H groups in total. The lowest BCUT2D eigenvalue weighted by Crippen LogP contribution is -2.18. The minimum atomic E-state index is -4.60. The molecule has 148 valence electrons. The molecule has 5 nitrogen and oxygen atoms in total. The summed E-state index contributed by atoms with van der Waals surface area (Å²) in [6.07, 6.45) is -2.98. The molecule has 1 amide bonds. The second kappa shape index (κ2) is 8.55. The molecule has 3 aromatic rings. The normalized spacial score (nSPS) is 11.0. The van der Waals surface area contributed by atoms with Crippen LogP contribution in [-0.4, -0.2) is 22.4 Å². The number of benzene rings is 2. The minimum absolute atomic E-state index is 0.0672. The number of aromatic nitrogens is 2. The van der Waals surface area contributed by atoms with Crippen molar-refractivity contribution in [2.24, 2.45) is 0 Å². The van der Waals surface area contributed by atoms with E-state index in [1.165, 1.54) is 24.3 Å². The molecule has 1 aromatic heterocycles. The van der Waals surface area contributed by atoms with Crippen molar-refractivity contribution in [1.82, 2.24) is 9.97 Å². The first-order valence-corrected chi connectivity index (χ1v) is 8.65. The number of hydrogen-bond donors (Lipinski definition) is 2. The van der Waals surface area contributed by atoms with Crippen LogP contribution in [0.1, 0.15) is 16.1 Å². The van der Waals surface area contributed by atoms with Crippen molar-refractivity contribution in [2.75, 3.05) is 17.2 Å². The van der Waals surface area contributed by atoms with Gasteiger partial charge < -0.3 is 10.6 Å². The van der Waals surface area contributed by atoms with Crippen molar-refractivity contribution >= 4 is 17.4 Å². The van der Waals surface area contributed by atoms with Crippen molar-refractivity contribution in [3.8, 4) is 11.4 Å². The van der Waals surface area contributed by atoms with Gasteiger partial charge in [0.25, 0.3) is 5.91 Å². The number of amides is 1. The molecule has 1 heterocycles. The van der Waals surface area contributed by atoms with Gasteiger partial charge in [0.2, 0.25) is 0 Å². The first kappa shape index (κ1) is 20.1. The lowest BCUT2D eigenvalue weighted by molar-refractivity contribution is -0.136. The van der Waals surface area contributed by atoms with Gasteiger partial charge in [-0.15, -0.1) is 6.58 Å². The predicted octanol–water partition coefficient (Wildman–Crippen LogP) is 5.01. The Kier molecular flexibility index (Phi) is 5.92. The monoisotopic (exact) mass is 398 g/mol. The number of rotatable bonds is 6. The highest BCUT2D eigenvalue weighted by Gasteiger charge is 2.33. The third-order valence-corrected chi connectivity index (χ3v) is 3.90. The van der Waals surface area contributed by atoms with E-state index in [1.54, 1.807) is 30.3 Å². The second-order valence-electron chi connectivity index (χ2n) is 6.00. The van der Waals surface area contributed by atoms with E-state index in [-0.39, 0.29) is 17.2 Å². The van der Waals surface area contributed by atoms with Crippen LogP contribution in [0.25, 0.3) is 11.4 Å². The predicted molar refractivity (Wildman–Crippen MR) is 106 cm³/mol. The van der Waals surface area contributed by atoms with Gasteiger partial charge in [-0.25, -0.2) is 9.97 Å². The number of hydrogen-bond acceptors (Lipinski definition) is 4. The van der Waals surface area contributed by atoms with Crippen LogP contribution in [0.3, 0.4) is 0 Å². The first-order chi connectivity index (χ1) is 13.9. The van der Waals surface area contributed by atoms with E-state index in [0.717, 1.165) is 6.07 Å². The summed E-state index contributed by atoms with van der Waals surface area (Å²) in [7, 11) is 0. The highest BCUT2D eigenvalue weighted by molar-refractivity contribution is 6.04. The number of anilines is 2. The van der Waals surface area contributed by atoms with E-state index in [0.29, 0.717) is 17.9 Å². The van der Waals surface area contributed by atoms with Crippen LogP contribution in [0, 0.1) is 0 Å². The van der Waals surface area contributed by atoms with Crippen LogP contribution in [-0.2, 0) is 6.18 Å². The third-order valence-electron chi connectivity index (χ3n) is 3.90. The molecular weight excluding hydrogens is 381 g/mol. The molecule has 0 radical (unpaired) electrons. The number of nitrogens with one attached hydrogen (secondary N) is 2. The average Bonchev–Trinajstić information content (AvgIpc) is 2.72. The number of carbonyl (C=O) groups is 1. The number of carbonyl (C=O) groups excluding carboxylic acids is 1. The van der Waals surface area contributed by atoms with Gasteiger partial charge in [-0.3, -0.25) is 4.79 Å². The lowest BCUT2D eigenvalue weighted by atomic mass is 10.1. The van der Waals surface area contributed by atoms with Crippen LogP contribution < -0.4 is 10.6 Å². The lowest BCUT2D eigenvalue weighted by Gasteiger charge is -2.14. The summed E-state index contributed by atoms with van der Waals surface area (Å²) in [6, 6.07) is 15.1. The summed E-state index contributed by atoms with van der Waals surface area (Å²) in [5.74, 6) is -0.148. The Morgan fingerprint density at radius 3 is 2.41 bits per heavy atom. The molecule has 0 unspecified atom stereocenters. The Balaban J connectivity index is 1.97. The van der Waals surface area contributed by atoms with Crippen LogP contribution >= 0.6 is 0 Å². The molecule has 8 heteroatoms. The Bertz CT molecular complexity index is 1020. The Labute approximate surface area is 165 Å². The highest BCUT2D eigenvalue weighted by Crippen LogP contribution is 2.34. The number of alkyl halides is 3. The first-order valence-electron chi connectivity index (χ1n) is 8.65. The molecule has 0 bridgehead atoms. The van der Waals surface area contributed by atoms with Crippen molar-refractivity contribution in [2.45, 2.75) is 6.18 Å². The van der Waals surface area contributed by atoms with E-state index in [2.05, 4.69) is 27.2 Å². The van der Waals surface area contributed by atoms with Gasteiger partial charge in [-0.05, 0) is 12.1 Å². The summed E-state index contributed by atoms with van der Waals surface area (Å²) in [6.45, 7) is 4.00. The largest absolute Gasteiger partial charge is 0.418 e. The van der Waals surface area contributed by atoms with E-state index >= 15 is 0 Å². The van der Waals surface area contributed by atoms with Crippen LogP contribution in [0.5, 0.6) is 0 Å². The van der Waals surface area contributed by atoms with Crippen molar-refractivity contribution in [1.29, 1.82) is 0 Å². The quantitative estimate of drug-likeness (QED) is 0.573. The zero-order valence-corrected chi connectivity index (χ0v) is 15.2. The highest BCUT2D eigenvalue weighted by atomic mass is 19.4. The molecule has 0 aliphatic heterocycles. The van der Waals surface area contributed by atoms with E-state index in [1.807, 2.05) is 6.07 Å². The maximum Gasteiger partial charge on any atom is 0.418 e. The smallest absolute Gasteiger partial charge is 0.366 e. The standard InChI is InChI=1S/C21H17F3N4O/c1-2-12-25-18-13-17(26-19(28-18)14-8-4-3-5-9-14)20(29)27-16-11-7-6-10-15(16)21(22,23)24/h2-11,13H,1,12H2,(H,27,29)(H,25,26,28). The summed E-state index contributed by atoms with van der Waals surface area (Å²) in [4.78, 5) is 21.3. The molecular formula is C21H17F3N4O. The van der Waals surface area contributed by atoms with Gasteiger partial charge in [-0.1, -0.05) is 48.5 Å². The van der Waals surface area contributed by atoms with E-state index in [9.17, 15) is 18.0 Å². The molecule has 0 atom stereocenters. The van der Waals surface area contributed by atoms with Gasteiger partial charge >= 0.3 is 6.18 Å². The Hall–Kier alpha value is -3.68. The zero-order valence-electron chi connectivity index (χ0n) is 15.2. The van der Waals surface area contributed by atoms with E-state index in [4.69, 9.17) is 0 Å². The second-order valence-corrected chi connectivity index (χ2v) is 6.00. The Morgan fingerprint density at radius 2 is 1.72 bits per heavy atom. The van der Waals surface area contributed by atoms with E-state index < -0.39 is 17.6 Å². The number of nitrogens with zero attached hydrogens (tertiary/aromatic N) is 2. The molecule has 29 heavy (non-hydrogen) atoms. The summed E-state index contributed by atoms with van der Waals surface area (Å²) >= 11 is 0. The SMILES string of the molecule is C=CCNc1cc(C(=O)Nc2ccccc2C(F)(F)F)nc(-c2ccccc2)n1. The fraction of sp³-hybridized carbons (Fsp3) is 0.0952. The van der Waals surface area contributed by atoms with Crippen LogP contribution in [0.2, 0.25) is 0 Å². The molecule has 0 aliphatic carbocycles. The van der Waals surface area contributed by atoms with Crippen LogP contribution in [0.4, 0.5) is 24.7 Å². The molecule has 3 rings (SSSR count). The molecule has 0 spiro atoms. The molecule has 0 saturated heterocycles. The summed E-state index contributed by atoms with van der Waals surface area (Å²) < 4.78 is 39.6.